The fourth-order valence-corrected chi connectivity index (χ4v) is 6.65. The highest BCUT2D eigenvalue weighted by molar-refractivity contribution is 7.00. The van der Waals surface area contributed by atoms with Gasteiger partial charge in [0.05, 0.1) is 17.4 Å². The summed E-state index contributed by atoms with van der Waals surface area (Å²) in [6.45, 7) is 2.71. The number of hydrogen-bond acceptors (Lipinski definition) is 4. The first-order valence-corrected chi connectivity index (χ1v) is 17.2. The van der Waals surface area contributed by atoms with Gasteiger partial charge in [0.25, 0.3) is 0 Å². The minimum atomic E-state index is -4.55. The van der Waals surface area contributed by atoms with Crippen molar-refractivity contribution in [3.63, 3.8) is 0 Å². The van der Waals surface area contributed by atoms with E-state index in [1.165, 1.54) is 26.0 Å². The molecule has 6 rings (SSSR count). The molecule has 0 fully saturated rings. The quantitative estimate of drug-likeness (QED) is 0.117. The van der Waals surface area contributed by atoms with Crippen molar-refractivity contribution in [3.05, 3.63) is 114 Å². The van der Waals surface area contributed by atoms with Crippen molar-refractivity contribution < 1.29 is 43.9 Å². The maximum atomic E-state index is 15.0. The molecule has 3 nitrogen and oxygen atoms in total. The minimum Gasteiger partial charge on any atom is -0.253 e. The summed E-state index contributed by atoms with van der Waals surface area (Å²) in [6, 6.07) is 17.2. The molecule has 0 amide bonds. The number of pyridine rings is 1. The maximum Gasteiger partial charge on any atom is 0.335 e. The molecule has 0 aliphatic rings. The lowest BCUT2D eigenvalue weighted by Gasteiger charge is -2.26. The van der Waals surface area contributed by atoms with Crippen LogP contribution in [-0.2, 0) is 11.8 Å². The van der Waals surface area contributed by atoms with Crippen LogP contribution in [0.25, 0.3) is 55.7 Å². The summed E-state index contributed by atoms with van der Waals surface area (Å²) in [5.74, 6) is -19.9. The second-order valence-corrected chi connectivity index (χ2v) is 13.1. The van der Waals surface area contributed by atoms with Crippen molar-refractivity contribution in [1.29, 1.82) is 0 Å². The first-order chi connectivity index (χ1) is 25.0. The number of halogens is 10. The van der Waals surface area contributed by atoms with E-state index in [0.29, 0.717) is 56.7 Å². The molecule has 0 radical (unpaired) electrons. The van der Waals surface area contributed by atoms with Gasteiger partial charge < -0.3 is 0 Å². The average Bonchev–Trinajstić information content (AvgIpc) is 3.62. The average molecular weight is 762 g/mol. The molecule has 0 aliphatic heterocycles. The smallest absolute Gasteiger partial charge is 0.253 e. The maximum absolute atomic E-state index is 15.0. The highest BCUT2D eigenvalue weighted by Gasteiger charge is 2.57. The molecule has 0 N–H and O–H groups in total. The molecule has 0 saturated heterocycles. The minimum absolute atomic E-state index is 0.0606. The summed E-state index contributed by atoms with van der Waals surface area (Å²) in [5, 5.41) is 0. The fraction of sp³-hybridized carbons (Fsp3) is 0.256. The summed E-state index contributed by atoms with van der Waals surface area (Å²) in [4.78, 5) is 4.57. The largest absolute Gasteiger partial charge is 0.335 e. The molecule has 53 heavy (non-hydrogen) atoms. The van der Waals surface area contributed by atoms with E-state index in [1.54, 1.807) is 42.6 Å². The Labute approximate surface area is 301 Å². The summed E-state index contributed by atoms with van der Waals surface area (Å²) in [5.41, 5.74) is 1.33. The van der Waals surface area contributed by atoms with E-state index in [1.807, 2.05) is 0 Å². The van der Waals surface area contributed by atoms with Crippen LogP contribution in [0.1, 0.15) is 50.7 Å². The molecular weight excluding hydrogens is 732 g/mol. The zero-order valence-electron chi connectivity index (χ0n) is 28.0. The highest BCUT2D eigenvalue weighted by Crippen LogP contribution is 2.48. The van der Waals surface area contributed by atoms with Crippen molar-refractivity contribution >= 4 is 22.8 Å². The van der Waals surface area contributed by atoms with Crippen molar-refractivity contribution in [2.75, 3.05) is 0 Å². The van der Waals surface area contributed by atoms with Crippen LogP contribution in [0, 0.1) is 11.6 Å². The van der Waals surface area contributed by atoms with Crippen LogP contribution in [0.3, 0.4) is 0 Å². The van der Waals surface area contributed by atoms with Crippen molar-refractivity contribution in [3.8, 4) is 44.6 Å². The third-order valence-corrected chi connectivity index (χ3v) is 9.51. The van der Waals surface area contributed by atoms with Gasteiger partial charge in [-0.25, -0.2) is 8.78 Å². The molecule has 14 heteroatoms. The monoisotopic (exact) mass is 761 g/mol. The molecule has 0 aliphatic carbocycles. The normalized spacial score (nSPS) is 12.8. The van der Waals surface area contributed by atoms with Gasteiger partial charge in [0.15, 0.2) is 0 Å². The van der Waals surface area contributed by atoms with E-state index in [2.05, 4.69) is 13.7 Å². The Morgan fingerprint density at radius 3 is 1.32 bits per heavy atom. The highest BCUT2D eigenvalue weighted by atomic mass is 32.1. The fourth-order valence-electron chi connectivity index (χ4n) is 6.08. The lowest BCUT2D eigenvalue weighted by molar-refractivity contribution is -0.219. The topological polar surface area (TPSA) is 38.7 Å². The molecule has 0 spiro atoms. The van der Waals surface area contributed by atoms with Gasteiger partial charge in [-0.15, -0.1) is 0 Å². The van der Waals surface area contributed by atoms with Crippen molar-refractivity contribution in [2.24, 2.45) is 0 Å². The molecule has 0 bridgehead atoms. The molecule has 2 heterocycles. The Balaban J connectivity index is 1.24. The zero-order chi connectivity index (χ0) is 38.3. The molecule has 276 valence electrons. The van der Waals surface area contributed by atoms with E-state index < -0.39 is 59.3 Å². The predicted molar refractivity (Wildman–Crippen MR) is 184 cm³/mol. The molecule has 6 aromatic rings. The lowest BCUT2D eigenvalue weighted by Crippen LogP contribution is -2.37. The van der Waals surface area contributed by atoms with Crippen molar-refractivity contribution in [1.82, 2.24) is 13.7 Å². The van der Waals surface area contributed by atoms with Crippen molar-refractivity contribution in [2.45, 2.75) is 63.2 Å². The van der Waals surface area contributed by atoms with Gasteiger partial charge in [-0.05, 0) is 28.8 Å². The van der Waals surface area contributed by atoms with Crippen LogP contribution in [0.2, 0.25) is 0 Å². The number of aromatic nitrogens is 3. The Hall–Kier alpha value is -4.85. The van der Waals surface area contributed by atoms with Gasteiger partial charge in [-0.3, -0.25) is 4.98 Å². The summed E-state index contributed by atoms with van der Waals surface area (Å²) >= 11 is 0.922. The number of hydrogen-bond donors (Lipinski definition) is 0. The van der Waals surface area contributed by atoms with Crippen LogP contribution < -0.4 is 0 Å². The van der Waals surface area contributed by atoms with Crippen LogP contribution >= 0.6 is 11.7 Å². The second-order valence-electron chi connectivity index (χ2n) is 12.6. The molecular formula is C39H29F10N3S. The van der Waals surface area contributed by atoms with E-state index in [9.17, 15) is 35.1 Å². The van der Waals surface area contributed by atoms with E-state index in [4.69, 9.17) is 0 Å². The van der Waals surface area contributed by atoms with Gasteiger partial charge in [0.2, 0.25) is 0 Å². The van der Waals surface area contributed by atoms with Gasteiger partial charge in [0, 0.05) is 52.4 Å². The Morgan fingerprint density at radius 1 is 0.509 bits per heavy atom. The summed E-state index contributed by atoms with van der Waals surface area (Å²) in [6.07, 6.45) is -0.903. The van der Waals surface area contributed by atoms with Gasteiger partial charge in [0.1, 0.15) is 22.7 Å². The van der Waals surface area contributed by atoms with Crippen LogP contribution in [-0.4, -0.2) is 25.6 Å². The van der Waals surface area contributed by atoms with Crippen LogP contribution in [0.15, 0.2) is 91.1 Å². The third-order valence-electron chi connectivity index (χ3n) is 8.98. The van der Waals surface area contributed by atoms with Gasteiger partial charge >= 0.3 is 23.7 Å². The van der Waals surface area contributed by atoms with E-state index in [-0.39, 0.29) is 24.0 Å². The Bertz CT molecular complexity index is 2090. The standard InChI is InChI=1S/C39H29F10N3S/c1-3-17-36(42,43)38(46,47)26-13-15-28(31(40)19-26)22-5-7-24(8-6-22)30-21-50-33(35-34(30)51-53-52-35)25-11-9-23(10-12-25)29-16-14-27(20-32(29)41)39(48,49)37(44,45)18-4-2/h5-16,19-21H,3-4,17-18H2,1-2H3. The Kier molecular flexibility index (Phi) is 10.1. The number of rotatable bonds is 12. The third kappa shape index (κ3) is 6.89. The lowest BCUT2D eigenvalue weighted by atomic mass is 9.94. The first-order valence-electron chi connectivity index (χ1n) is 16.5. The SMILES string of the molecule is CCCC(F)(F)C(F)(F)c1ccc(-c2ccc(-c3cnc(-c4ccc(-c5ccc(C(F)(F)C(F)(F)CCC)cc5F)cc4)c4nsnc34)cc2)c(F)c1. The van der Waals surface area contributed by atoms with E-state index >= 15 is 8.78 Å². The number of nitrogens with zero attached hydrogens (tertiary/aromatic N) is 3. The van der Waals surface area contributed by atoms with E-state index in [0.717, 1.165) is 36.0 Å². The van der Waals surface area contributed by atoms with Gasteiger partial charge in [-0.2, -0.15) is 43.9 Å². The predicted octanol–water partition coefficient (Wildman–Crippen LogP) is 13.1. The van der Waals surface area contributed by atoms with Gasteiger partial charge in [-0.1, -0.05) is 99.5 Å². The molecule has 2 aromatic heterocycles. The Morgan fingerprint density at radius 2 is 0.906 bits per heavy atom. The zero-order valence-corrected chi connectivity index (χ0v) is 28.8. The molecule has 0 atom stereocenters. The molecule has 4 aromatic carbocycles. The summed E-state index contributed by atoms with van der Waals surface area (Å²) in [7, 11) is 0. The van der Waals surface area contributed by atoms with Crippen LogP contribution in [0.5, 0.6) is 0 Å². The number of fused-ring (bicyclic) bond motifs is 1. The second kappa shape index (κ2) is 14.2. The van der Waals surface area contributed by atoms with Crippen LogP contribution in [0.4, 0.5) is 43.9 Å². The molecule has 0 unspecified atom stereocenters. The first kappa shape index (κ1) is 37.9. The number of benzene rings is 4. The molecule has 0 saturated carbocycles. The summed E-state index contributed by atoms with van der Waals surface area (Å²) < 4.78 is 153. The number of alkyl halides is 8.